The fraction of sp³-hybridized carbons (Fsp3) is 0.938. The molecule has 4 fully saturated rings. The minimum atomic E-state index is 0.322. The van der Waals surface area contributed by atoms with Crippen LogP contribution in [0.4, 0.5) is 0 Å². The molecule has 4 saturated carbocycles. The Hall–Kier alpha value is -0.510. The van der Waals surface area contributed by atoms with Crippen molar-refractivity contribution < 1.29 is 0 Å². The molecule has 2 unspecified atom stereocenters. The molecule has 1 heteroatoms. The Morgan fingerprint density at radius 1 is 1.18 bits per heavy atom. The van der Waals surface area contributed by atoms with E-state index in [1.807, 2.05) is 0 Å². The fourth-order valence-electron chi connectivity index (χ4n) is 5.86. The Morgan fingerprint density at radius 2 is 1.88 bits per heavy atom. The van der Waals surface area contributed by atoms with Crippen molar-refractivity contribution in [2.75, 3.05) is 0 Å². The van der Waals surface area contributed by atoms with Crippen LogP contribution < -0.4 is 0 Å². The van der Waals surface area contributed by atoms with Crippen LogP contribution in [0.5, 0.6) is 0 Å². The van der Waals surface area contributed by atoms with Gasteiger partial charge in [-0.15, -0.1) is 0 Å². The van der Waals surface area contributed by atoms with Gasteiger partial charge in [0.2, 0.25) is 6.04 Å². The molecule has 0 saturated heterocycles. The van der Waals surface area contributed by atoms with Crippen LogP contribution in [0, 0.1) is 41.1 Å². The molecular formula is C16H25N. The van der Waals surface area contributed by atoms with E-state index in [0.29, 0.717) is 16.9 Å². The summed E-state index contributed by atoms with van der Waals surface area (Å²) in [5.41, 5.74) is 0.896. The molecular weight excluding hydrogens is 206 g/mol. The van der Waals surface area contributed by atoms with Gasteiger partial charge in [-0.05, 0) is 48.3 Å². The third-order valence-corrected chi connectivity index (χ3v) is 6.47. The zero-order chi connectivity index (χ0) is 12.4. The third kappa shape index (κ3) is 1.36. The normalized spacial score (nSPS) is 56.2. The predicted molar refractivity (Wildman–Crippen MR) is 70.4 cm³/mol. The Labute approximate surface area is 106 Å². The number of hydrogen-bond donors (Lipinski definition) is 0. The SMILES string of the molecule is [C-]#[N+][C@H]1CC2C3C[C@@]1(C)C[C@@]2(C)C[C@H]3C(C)C. The van der Waals surface area contributed by atoms with E-state index in [9.17, 15) is 0 Å². The Bertz CT molecular complexity index is 379. The van der Waals surface area contributed by atoms with Crippen LogP contribution in [0.25, 0.3) is 4.85 Å². The predicted octanol–water partition coefficient (Wildman–Crippen LogP) is 4.39. The quantitative estimate of drug-likeness (QED) is 0.589. The van der Waals surface area contributed by atoms with Crippen LogP contribution in [-0.2, 0) is 0 Å². The van der Waals surface area contributed by atoms with E-state index >= 15 is 0 Å². The van der Waals surface area contributed by atoms with Crippen LogP contribution in [0.15, 0.2) is 0 Å². The first-order valence-corrected chi connectivity index (χ1v) is 7.26. The molecule has 0 heterocycles. The summed E-state index contributed by atoms with van der Waals surface area (Å²) in [6.45, 7) is 17.2. The first-order valence-electron chi connectivity index (χ1n) is 7.26. The van der Waals surface area contributed by atoms with Gasteiger partial charge in [-0.1, -0.05) is 27.7 Å². The zero-order valence-corrected chi connectivity index (χ0v) is 11.7. The summed E-state index contributed by atoms with van der Waals surface area (Å²) < 4.78 is 0. The minimum absolute atomic E-state index is 0.322. The molecule has 0 radical (unpaired) electrons. The maximum Gasteiger partial charge on any atom is 0.229 e. The van der Waals surface area contributed by atoms with Crippen molar-refractivity contribution in [3.63, 3.8) is 0 Å². The van der Waals surface area contributed by atoms with Crippen LogP contribution in [0.3, 0.4) is 0 Å². The molecule has 94 valence electrons. The monoisotopic (exact) mass is 231 g/mol. The Balaban J connectivity index is 1.98. The summed E-state index contributed by atoms with van der Waals surface area (Å²) in [7, 11) is 0. The minimum Gasteiger partial charge on any atom is -0.313 e. The molecule has 0 aromatic heterocycles. The first-order chi connectivity index (χ1) is 7.89. The van der Waals surface area contributed by atoms with E-state index in [2.05, 4.69) is 32.5 Å². The van der Waals surface area contributed by atoms with E-state index in [1.54, 1.807) is 0 Å². The summed E-state index contributed by atoms with van der Waals surface area (Å²) in [6, 6.07) is 0.322. The molecule has 17 heavy (non-hydrogen) atoms. The zero-order valence-electron chi connectivity index (χ0n) is 11.7. The lowest BCUT2D eigenvalue weighted by atomic mass is 9.49. The maximum absolute atomic E-state index is 7.45. The Morgan fingerprint density at radius 3 is 2.41 bits per heavy atom. The highest BCUT2D eigenvalue weighted by atomic mass is 14.8. The highest BCUT2D eigenvalue weighted by molar-refractivity contribution is 5.17. The van der Waals surface area contributed by atoms with E-state index in [-0.39, 0.29) is 0 Å². The van der Waals surface area contributed by atoms with Gasteiger partial charge in [0.15, 0.2) is 0 Å². The van der Waals surface area contributed by atoms with Crippen LogP contribution >= 0.6 is 0 Å². The van der Waals surface area contributed by atoms with Gasteiger partial charge in [-0.3, -0.25) is 0 Å². The Kier molecular flexibility index (Phi) is 2.23. The summed E-state index contributed by atoms with van der Waals surface area (Å²) in [5.74, 6) is 3.54. The van der Waals surface area contributed by atoms with Gasteiger partial charge in [0.1, 0.15) is 0 Å². The summed E-state index contributed by atoms with van der Waals surface area (Å²) in [5, 5.41) is 0. The highest BCUT2D eigenvalue weighted by Gasteiger charge is 2.66. The van der Waals surface area contributed by atoms with Crippen LogP contribution in [0.2, 0.25) is 0 Å². The van der Waals surface area contributed by atoms with Crippen molar-refractivity contribution in [2.45, 2.75) is 59.4 Å². The topological polar surface area (TPSA) is 4.36 Å². The molecule has 4 bridgehead atoms. The molecule has 4 aliphatic carbocycles. The van der Waals surface area contributed by atoms with E-state index < -0.39 is 0 Å². The molecule has 0 aromatic rings. The van der Waals surface area contributed by atoms with Gasteiger partial charge in [-0.25, -0.2) is 6.57 Å². The summed E-state index contributed by atoms with van der Waals surface area (Å²) in [4.78, 5) is 3.95. The average Bonchev–Trinajstić information content (AvgIpc) is 2.43. The highest BCUT2D eigenvalue weighted by Crippen LogP contribution is 2.70. The maximum atomic E-state index is 7.45. The van der Waals surface area contributed by atoms with Gasteiger partial charge in [0.05, 0.1) is 0 Å². The lowest BCUT2D eigenvalue weighted by Gasteiger charge is -2.54. The molecule has 0 spiro atoms. The van der Waals surface area contributed by atoms with E-state index in [1.165, 1.54) is 25.7 Å². The molecule has 1 nitrogen and oxygen atoms in total. The van der Waals surface area contributed by atoms with Gasteiger partial charge < -0.3 is 4.85 Å². The van der Waals surface area contributed by atoms with Crippen molar-refractivity contribution in [3.05, 3.63) is 11.4 Å². The van der Waals surface area contributed by atoms with Crippen LogP contribution in [-0.4, -0.2) is 6.04 Å². The van der Waals surface area contributed by atoms with Crippen molar-refractivity contribution in [1.82, 2.24) is 0 Å². The van der Waals surface area contributed by atoms with Gasteiger partial charge in [-0.2, -0.15) is 0 Å². The van der Waals surface area contributed by atoms with Crippen LogP contribution in [0.1, 0.15) is 53.4 Å². The lowest BCUT2D eigenvalue weighted by molar-refractivity contribution is -0.0497. The van der Waals surface area contributed by atoms with Gasteiger partial charge >= 0.3 is 0 Å². The van der Waals surface area contributed by atoms with Crippen molar-refractivity contribution >= 4 is 0 Å². The van der Waals surface area contributed by atoms with Gasteiger partial charge in [0.25, 0.3) is 0 Å². The second-order valence-electron chi connectivity index (χ2n) is 7.95. The van der Waals surface area contributed by atoms with Crippen molar-refractivity contribution in [1.29, 1.82) is 0 Å². The number of fused-ring (bicyclic) bond motifs is 1. The smallest absolute Gasteiger partial charge is 0.229 e. The second-order valence-corrected chi connectivity index (χ2v) is 7.95. The second kappa shape index (κ2) is 3.28. The molecule has 4 rings (SSSR count). The molecule has 0 aliphatic heterocycles. The molecule has 4 aliphatic rings. The standard InChI is InChI=1S/C16H25N/c1-10(2)11-7-15(3)9-16(4)8-12(11)13(15)6-14(16)17-5/h10-14H,6-9H2,1-4H3/t11-,12?,13?,14-,15+,16-/m0/s1. The lowest BCUT2D eigenvalue weighted by Crippen LogP contribution is -2.52. The molecule has 0 N–H and O–H groups in total. The van der Waals surface area contributed by atoms with E-state index in [0.717, 1.165) is 23.7 Å². The van der Waals surface area contributed by atoms with Crippen molar-refractivity contribution in [2.24, 2.45) is 34.5 Å². The fourth-order valence-corrected chi connectivity index (χ4v) is 5.86. The van der Waals surface area contributed by atoms with Gasteiger partial charge in [0, 0.05) is 11.8 Å². The number of hydrogen-bond acceptors (Lipinski definition) is 0. The molecule has 0 aromatic carbocycles. The number of nitrogens with zero attached hydrogens (tertiary/aromatic N) is 1. The molecule has 6 atom stereocenters. The summed E-state index contributed by atoms with van der Waals surface area (Å²) >= 11 is 0. The third-order valence-electron chi connectivity index (χ3n) is 6.47. The average molecular weight is 231 g/mol. The molecule has 0 amide bonds. The summed E-state index contributed by atoms with van der Waals surface area (Å²) in [6.07, 6.45) is 5.28. The first kappa shape index (κ1) is 11.6. The largest absolute Gasteiger partial charge is 0.313 e. The van der Waals surface area contributed by atoms with E-state index in [4.69, 9.17) is 6.57 Å². The number of rotatable bonds is 1. The van der Waals surface area contributed by atoms with Crippen molar-refractivity contribution in [3.8, 4) is 0 Å².